The summed E-state index contributed by atoms with van der Waals surface area (Å²) in [7, 11) is 0. The summed E-state index contributed by atoms with van der Waals surface area (Å²) < 4.78 is 10.1. The summed E-state index contributed by atoms with van der Waals surface area (Å²) in [6.45, 7) is 7.30. The fraction of sp³-hybridized carbons (Fsp3) is 0.364. The molecule has 0 bridgehead atoms. The molecule has 0 aliphatic heterocycles. The highest BCUT2D eigenvalue weighted by Crippen LogP contribution is 2.28. The van der Waals surface area contributed by atoms with E-state index in [2.05, 4.69) is 15.3 Å². The molecule has 1 aliphatic rings. The van der Waals surface area contributed by atoms with E-state index in [-0.39, 0.29) is 47.7 Å². The highest BCUT2D eigenvalue weighted by Gasteiger charge is 2.34. The molecule has 0 atom stereocenters. The zero-order valence-electron chi connectivity index (χ0n) is 17.8. The van der Waals surface area contributed by atoms with Gasteiger partial charge in [-0.3, -0.25) is 19.6 Å². The fourth-order valence-corrected chi connectivity index (χ4v) is 3.14. The number of pyridine rings is 2. The standard InChI is InChI=1S/C22H23N3O6/c1-5-30-20(28)13-10-14-16(25-11-13)19(27)17-15(18(14)26)12(6-8-23-17)7-9-24-21(29)31-22(2,3)4/h6,8,10-11H,5,7,9H2,1-4H3,(H,24,29). The van der Waals surface area contributed by atoms with Crippen molar-refractivity contribution in [2.75, 3.05) is 13.2 Å². The predicted octanol–water partition coefficient (Wildman–Crippen LogP) is 2.50. The Morgan fingerprint density at radius 2 is 1.84 bits per heavy atom. The first-order valence-electron chi connectivity index (χ1n) is 9.83. The molecule has 31 heavy (non-hydrogen) atoms. The van der Waals surface area contributed by atoms with Gasteiger partial charge in [-0.15, -0.1) is 0 Å². The Bertz CT molecular complexity index is 1070. The Labute approximate surface area is 179 Å². The lowest BCUT2D eigenvalue weighted by Gasteiger charge is -2.20. The van der Waals surface area contributed by atoms with Gasteiger partial charge in [-0.1, -0.05) is 0 Å². The van der Waals surface area contributed by atoms with Gasteiger partial charge in [0.25, 0.3) is 0 Å². The van der Waals surface area contributed by atoms with Gasteiger partial charge in [0.15, 0.2) is 5.78 Å². The van der Waals surface area contributed by atoms with Crippen LogP contribution >= 0.6 is 0 Å². The SMILES string of the molecule is CCOC(=O)c1cnc2c(c1)C(=O)c1c(CCNC(=O)OC(C)(C)C)ccnc1C2=O. The van der Waals surface area contributed by atoms with E-state index in [9.17, 15) is 19.2 Å². The summed E-state index contributed by atoms with van der Waals surface area (Å²) in [5.74, 6) is -1.58. The molecule has 9 heteroatoms. The van der Waals surface area contributed by atoms with Crippen LogP contribution in [0, 0.1) is 0 Å². The van der Waals surface area contributed by atoms with Crippen LogP contribution < -0.4 is 5.32 Å². The highest BCUT2D eigenvalue weighted by atomic mass is 16.6. The Kier molecular flexibility index (Phi) is 6.14. The largest absolute Gasteiger partial charge is 0.462 e. The van der Waals surface area contributed by atoms with Gasteiger partial charge in [-0.25, -0.2) is 9.59 Å². The first-order valence-corrected chi connectivity index (χ1v) is 9.83. The number of aromatic nitrogens is 2. The van der Waals surface area contributed by atoms with Crippen molar-refractivity contribution < 1.29 is 28.7 Å². The number of hydrogen-bond donors (Lipinski definition) is 1. The van der Waals surface area contributed by atoms with Crippen molar-refractivity contribution in [2.24, 2.45) is 0 Å². The first kappa shape index (κ1) is 22.1. The van der Waals surface area contributed by atoms with Crippen LogP contribution in [-0.2, 0) is 15.9 Å². The van der Waals surface area contributed by atoms with Gasteiger partial charge in [0.1, 0.15) is 17.0 Å². The zero-order chi connectivity index (χ0) is 22.8. The predicted molar refractivity (Wildman–Crippen MR) is 109 cm³/mol. The van der Waals surface area contributed by atoms with Crippen molar-refractivity contribution in [3.8, 4) is 0 Å². The Balaban J connectivity index is 1.86. The molecule has 0 aromatic carbocycles. The topological polar surface area (TPSA) is 125 Å². The van der Waals surface area contributed by atoms with Gasteiger partial charge in [0, 0.05) is 18.9 Å². The summed E-state index contributed by atoms with van der Waals surface area (Å²) in [5.41, 5.74) is 0.126. The summed E-state index contributed by atoms with van der Waals surface area (Å²) in [5, 5.41) is 2.63. The number of ketones is 2. The average molecular weight is 425 g/mol. The minimum absolute atomic E-state index is 0.00338. The molecule has 2 heterocycles. The molecule has 0 radical (unpaired) electrons. The molecule has 2 aromatic heterocycles. The van der Waals surface area contributed by atoms with E-state index in [0.717, 1.165) is 0 Å². The third-order valence-corrected chi connectivity index (χ3v) is 4.40. The molecule has 0 fully saturated rings. The number of amides is 1. The van der Waals surface area contributed by atoms with Gasteiger partial charge < -0.3 is 14.8 Å². The summed E-state index contributed by atoms with van der Waals surface area (Å²) in [6.07, 6.45) is 2.35. The van der Waals surface area contributed by atoms with E-state index in [1.54, 1.807) is 33.8 Å². The van der Waals surface area contributed by atoms with Crippen molar-refractivity contribution in [3.05, 3.63) is 58.2 Å². The van der Waals surface area contributed by atoms with Gasteiger partial charge in [-0.05, 0) is 51.8 Å². The molecular formula is C22H23N3O6. The third kappa shape index (κ3) is 4.76. The summed E-state index contributed by atoms with van der Waals surface area (Å²) in [6, 6.07) is 2.94. The molecule has 0 unspecified atom stereocenters. The van der Waals surface area contributed by atoms with E-state index in [1.165, 1.54) is 18.5 Å². The molecule has 0 saturated carbocycles. The molecule has 1 N–H and O–H groups in total. The first-order chi connectivity index (χ1) is 14.6. The van der Waals surface area contributed by atoms with Crippen LogP contribution in [0.4, 0.5) is 4.79 Å². The second-order valence-corrected chi connectivity index (χ2v) is 7.87. The molecule has 2 aromatic rings. The number of alkyl carbamates (subject to hydrolysis) is 1. The van der Waals surface area contributed by atoms with Crippen molar-refractivity contribution >= 4 is 23.6 Å². The monoisotopic (exact) mass is 425 g/mol. The molecule has 3 rings (SSSR count). The van der Waals surface area contributed by atoms with Crippen LogP contribution in [0.2, 0.25) is 0 Å². The van der Waals surface area contributed by atoms with E-state index in [1.807, 2.05) is 0 Å². The number of nitrogens with one attached hydrogen (secondary N) is 1. The van der Waals surface area contributed by atoms with Crippen molar-refractivity contribution in [2.45, 2.75) is 39.7 Å². The van der Waals surface area contributed by atoms with Crippen molar-refractivity contribution in [1.29, 1.82) is 0 Å². The van der Waals surface area contributed by atoms with Crippen LogP contribution in [0.1, 0.15) is 75.7 Å². The van der Waals surface area contributed by atoms with E-state index in [0.29, 0.717) is 5.56 Å². The maximum atomic E-state index is 13.2. The Morgan fingerprint density at radius 1 is 1.10 bits per heavy atom. The van der Waals surface area contributed by atoms with E-state index >= 15 is 0 Å². The number of carbonyl (C=O) groups excluding carboxylic acids is 4. The molecule has 162 valence electrons. The number of rotatable bonds is 5. The lowest BCUT2D eigenvalue weighted by atomic mass is 9.86. The quantitative estimate of drug-likeness (QED) is 0.618. The number of hydrogen-bond acceptors (Lipinski definition) is 8. The van der Waals surface area contributed by atoms with Gasteiger partial charge in [-0.2, -0.15) is 0 Å². The normalized spacial score (nSPS) is 12.6. The molecule has 0 spiro atoms. The number of ether oxygens (including phenoxy) is 2. The lowest BCUT2D eigenvalue weighted by molar-refractivity contribution is 0.0516. The van der Waals surface area contributed by atoms with Crippen LogP contribution in [0.5, 0.6) is 0 Å². The minimum atomic E-state index is -0.629. The number of nitrogens with zero attached hydrogens (tertiary/aromatic N) is 2. The van der Waals surface area contributed by atoms with Gasteiger partial charge >= 0.3 is 12.1 Å². The van der Waals surface area contributed by atoms with Crippen LogP contribution in [-0.4, -0.2) is 52.3 Å². The molecular weight excluding hydrogens is 402 g/mol. The molecule has 0 saturated heterocycles. The highest BCUT2D eigenvalue weighted by molar-refractivity contribution is 6.27. The van der Waals surface area contributed by atoms with Gasteiger partial charge in [0.05, 0.1) is 23.3 Å². The Morgan fingerprint density at radius 3 is 2.52 bits per heavy atom. The number of fused-ring (bicyclic) bond motifs is 2. The Hall–Kier alpha value is -3.62. The summed E-state index contributed by atoms with van der Waals surface area (Å²) in [4.78, 5) is 58.0. The lowest BCUT2D eigenvalue weighted by Crippen LogP contribution is -2.34. The zero-order valence-corrected chi connectivity index (χ0v) is 17.8. The second kappa shape index (κ2) is 8.63. The smallest absolute Gasteiger partial charge is 0.407 e. The van der Waals surface area contributed by atoms with E-state index in [4.69, 9.17) is 9.47 Å². The van der Waals surface area contributed by atoms with Crippen LogP contribution in [0.15, 0.2) is 24.5 Å². The van der Waals surface area contributed by atoms with Crippen LogP contribution in [0.25, 0.3) is 0 Å². The maximum Gasteiger partial charge on any atom is 0.407 e. The molecule has 1 aliphatic carbocycles. The second-order valence-electron chi connectivity index (χ2n) is 7.87. The van der Waals surface area contributed by atoms with Gasteiger partial charge in [0.2, 0.25) is 5.78 Å². The number of carbonyl (C=O) groups is 4. The fourth-order valence-electron chi connectivity index (χ4n) is 3.14. The molecule has 9 nitrogen and oxygen atoms in total. The minimum Gasteiger partial charge on any atom is -0.462 e. The van der Waals surface area contributed by atoms with E-state index < -0.39 is 29.2 Å². The van der Waals surface area contributed by atoms with Crippen LogP contribution in [0.3, 0.4) is 0 Å². The number of esters is 1. The van der Waals surface area contributed by atoms with Crippen molar-refractivity contribution in [3.63, 3.8) is 0 Å². The average Bonchev–Trinajstić information content (AvgIpc) is 2.70. The maximum absolute atomic E-state index is 13.2. The summed E-state index contributed by atoms with van der Waals surface area (Å²) >= 11 is 0. The third-order valence-electron chi connectivity index (χ3n) is 4.40. The molecule has 1 amide bonds. The van der Waals surface area contributed by atoms with Crippen molar-refractivity contribution in [1.82, 2.24) is 15.3 Å².